The predicted octanol–water partition coefficient (Wildman–Crippen LogP) is 4.61. The molecule has 0 bridgehead atoms. The predicted molar refractivity (Wildman–Crippen MR) is 135 cm³/mol. The molecule has 1 saturated heterocycles. The monoisotopic (exact) mass is 477 g/mol. The molecule has 8 nitrogen and oxygen atoms in total. The van der Waals surface area contributed by atoms with E-state index in [1.54, 1.807) is 18.4 Å². The first-order valence-electron chi connectivity index (χ1n) is 11.6. The van der Waals surface area contributed by atoms with Gasteiger partial charge in [0.1, 0.15) is 12.2 Å². The summed E-state index contributed by atoms with van der Waals surface area (Å²) in [5.74, 6) is 0.231. The second-order valence-electron chi connectivity index (χ2n) is 8.52. The Hall–Kier alpha value is -3.46. The lowest BCUT2D eigenvalue weighted by Gasteiger charge is -2.25. The first-order chi connectivity index (χ1) is 16.5. The number of piperidine rings is 1. The molecular weight excluding hydrogens is 450 g/mol. The van der Waals surface area contributed by atoms with Crippen molar-refractivity contribution in [3.05, 3.63) is 58.1 Å². The smallest absolute Gasteiger partial charge is 0.294 e. The van der Waals surface area contributed by atoms with Crippen LogP contribution in [0.2, 0.25) is 0 Å². The van der Waals surface area contributed by atoms with Crippen LogP contribution in [0.4, 0.5) is 10.8 Å². The number of hydrogen-bond donors (Lipinski definition) is 1. The summed E-state index contributed by atoms with van der Waals surface area (Å²) < 4.78 is 7.49. The maximum Gasteiger partial charge on any atom is 0.294 e. The molecule has 0 aliphatic carbocycles. The van der Waals surface area contributed by atoms with Crippen molar-refractivity contribution in [3.63, 3.8) is 0 Å². The minimum absolute atomic E-state index is 0.212. The maximum atomic E-state index is 13.3. The molecular formula is C25H27N5O3S. The maximum absolute atomic E-state index is 13.3. The summed E-state index contributed by atoms with van der Waals surface area (Å²) in [6.45, 7) is 5.64. The summed E-state index contributed by atoms with van der Waals surface area (Å²) >= 11 is 1.46. The number of rotatable bonds is 6. The van der Waals surface area contributed by atoms with Gasteiger partial charge < -0.3 is 14.6 Å². The minimum Gasteiger partial charge on any atom is -0.463 e. The highest BCUT2D eigenvalue weighted by Crippen LogP contribution is 2.34. The van der Waals surface area contributed by atoms with Crippen molar-refractivity contribution < 1.29 is 9.21 Å². The van der Waals surface area contributed by atoms with Crippen molar-refractivity contribution in [2.75, 3.05) is 23.3 Å². The standard InChI is InChI=1S/C25H27N5O3S/c1-3-17-10-7-9-16(2)20(17)26-19(31)15-30-24(32)22-23(21(28-30)18-11-8-14-33-18)34-25(27-22)29-12-5-4-6-13-29/h7-11,14H,3-6,12-13,15H2,1-2H3,(H,26,31). The Balaban J connectivity index is 1.53. The largest absolute Gasteiger partial charge is 0.463 e. The molecule has 0 spiro atoms. The van der Waals surface area contributed by atoms with Gasteiger partial charge in [0, 0.05) is 18.8 Å². The first kappa shape index (κ1) is 22.3. The quantitative estimate of drug-likeness (QED) is 0.436. The zero-order valence-electron chi connectivity index (χ0n) is 19.3. The Morgan fingerprint density at radius 2 is 2.00 bits per heavy atom. The number of thiazole rings is 1. The Morgan fingerprint density at radius 3 is 2.74 bits per heavy atom. The number of carbonyl (C=O) groups is 1. The average Bonchev–Trinajstić information content (AvgIpc) is 3.54. The van der Waals surface area contributed by atoms with Crippen LogP contribution in [0.5, 0.6) is 0 Å². The third kappa shape index (κ3) is 4.23. The van der Waals surface area contributed by atoms with Gasteiger partial charge in [-0.3, -0.25) is 9.59 Å². The molecule has 1 aliphatic heterocycles. The number of benzene rings is 1. The molecule has 1 aliphatic rings. The van der Waals surface area contributed by atoms with Crippen LogP contribution in [-0.2, 0) is 17.8 Å². The molecule has 0 radical (unpaired) electrons. The molecule has 0 atom stereocenters. The van der Waals surface area contributed by atoms with E-state index in [0.29, 0.717) is 21.7 Å². The lowest BCUT2D eigenvalue weighted by molar-refractivity contribution is -0.117. The van der Waals surface area contributed by atoms with Crippen LogP contribution in [0.25, 0.3) is 21.7 Å². The lowest BCUT2D eigenvalue weighted by atomic mass is 10.1. The van der Waals surface area contributed by atoms with E-state index in [2.05, 4.69) is 15.3 Å². The zero-order valence-corrected chi connectivity index (χ0v) is 20.2. The van der Waals surface area contributed by atoms with Gasteiger partial charge in [0.15, 0.2) is 16.4 Å². The van der Waals surface area contributed by atoms with Crippen molar-refractivity contribution >= 4 is 38.3 Å². The van der Waals surface area contributed by atoms with Gasteiger partial charge in [0.05, 0.1) is 11.0 Å². The van der Waals surface area contributed by atoms with Crippen LogP contribution in [0.3, 0.4) is 0 Å². The van der Waals surface area contributed by atoms with Crippen LogP contribution < -0.4 is 15.8 Å². The first-order valence-corrected chi connectivity index (χ1v) is 12.5. The summed E-state index contributed by atoms with van der Waals surface area (Å²) in [6, 6.07) is 9.50. The Labute approximate surface area is 201 Å². The number of amides is 1. The summed E-state index contributed by atoms with van der Waals surface area (Å²) in [5, 5.41) is 8.34. The van der Waals surface area contributed by atoms with E-state index in [-0.39, 0.29) is 18.0 Å². The molecule has 1 N–H and O–H groups in total. The van der Waals surface area contributed by atoms with Crippen LogP contribution in [0.1, 0.15) is 37.3 Å². The summed E-state index contributed by atoms with van der Waals surface area (Å²) in [5.41, 5.74) is 3.29. The molecule has 34 heavy (non-hydrogen) atoms. The SMILES string of the molecule is CCc1cccc(C)c1NC(=O)Cn1nc(-c2ccco2)c2sc(N3CCCCC3)nc2c1=O. The Kier molecular flexibility index (Phi) is 6.19. The fourth-order valence-electron chi connectivity index (χ4n) is 4.37. The molecule has 1 fully saturated rings. The second-order valence-corrected chi connectivity index (χ2v) is 9.50. The number of nitrogens with zero attached hydrogens (tertiary/aromatic N) is 4. The van der Waals surface area contributed by atoms with Crippen molar-refractivity contribution in [2.45, 2.75) is 46.1 Å². The van der Waals surface area contributed by atoms with E-state index in [9.17, 15) is 9.59 Å². The van der Waals surface area contributed by atoms with Crippen molar-refractivity contribution in [3.8, 4) is 11.5 Å². The molecule has 4 aromatic rings. The summed E-state index contributed by atoms with van der Waals surface area (Å²) in [7, 11) is 0. The van der Waals surface area contributed by atoms with Crippen molar-refractivity contribution in [1.29, 1.82) is 0 Å². The number of nitrogens with one attached hydrogen (secondary N) is 1. The zero-order chi connectivity index (χ0) is 23.7. The van der Waals surface area contributed by atoms with Gasteiger partial charge in [-0.2, -0.15) is 5.10 Å². The normalized spacial score (nSPS) is 14.0. The molecule has 4 heterocycles. The number of para-hydroxylation sites is 1. The molecule has 9 heteroatoms. The van der Waals surface area contributed by atoms with E-state index in [4.69, 9.17) is 9.40 Å². The number of aryl methyl sites for hydroxylation is 2. The Bertz CT molecular complexity index is 1380. The van der Waals surface area contributed by atoms with E-state index >= 15 is 0 Å². The minimum atomic E-state index is -0.375. The van der Waals surface area contributed by atoms with Gasteiger partial charge in [-0.25, -0.2) is 9.67 Å². The highest BCUT2D eigenvalue weighted by Gasteiger charge is 2.23. The van der Waals surface area contributed by atoms with Gasteiger partial charge in [-0.1, -0.05) is 36.5 Å². The molecule has 0 saturated carbocycles. The van der Waals surface area contributed by atoms with Crippen molar-refractivity contribution in [1.82, 2.24) is 14.8 Å². The van der Waals surface area contributed by atoms with Crippen molar-refractivity contribution in [2.24, 2.45) is 0 Å². The van der Waals surface area contributed by atoms with E-state index in [1.165, 1.54) is 22.4 Å². The van der Waals surface area contributed by atoms with Gasteiger partial charge in [0.2, 0.25) is 5.91 Å². The van der Waals surface area contributed by atoms with Crippen LogP contribution in [0, 0.1) is 6.92 Å². The molecule has 1 aromatic carbocycles. The number of anilines is 2. The second kappa shape index (κ2) is 9.42. The number of fused-ring (bicyclic) bond motifs is 1. The summed E-state index contributed by atoms with van der Waals surface area (Å²) in [6.07, 6.45) is 5.80. The highest BCUT2D eigenvalue weighted by atomic mass is 32.1. The van der Waals surface area contributed by atoms with Crippen LogP contribution >= 0.6 is 11.3 Å². The van der Waals surface area contributed by atoms with E-state index < -0.39 is 0 Å². The average molecular weight is 478 g/mol. The van der Waals surface area contributed by atoms with E-state index in [1.807, 2.05) is 32.0 Å². The molecule has 1 amide bonds. The number of hydrogen-bond acceptors (Lipinski definition) is 7. The van der Waals surface area contributed by atoms with E-state index in [0.717, 1.165) is 54.3 Å². The molecule has 0 unspecified atom stereocenters. The fraction of sp³-hybridized carbons (Fsp3) is 0.360. The Morgan fingerprint density at radius 1 is 1.18 bits per heavy atom. The fourth-order valence-corrected chi connectivity index (χ4v) is 5.47. The van der Waals surface area contributed by atoms with Crippen LogP contribution in [0.15, 0.2) is 45.8 Å². The third-order valence-corrected chi connectivity index (χ3v) is 7.29. The van der Waals surface area contributed by atoms with Gasteiger partial charge in [-0.15, -0.1) is 0 Å². The van der Waals surface area contributed by atoms with Gasteiger partial charge >= 0.3 is 0 Å². The lowest BCUT2D eigenvalue weighted by Crippen LogP contribution is -2.31. The number of aromatic nitrogens is 3. The number of furan rings is 1. The van der Waals surface area contributed by atoms with Crippen LogP contribution in [-0.4, -0.2) is 33.8 Å². The topological polar surface area (TPSA) is 93.3 Å². The van der Waals surface area contributed by atoms with Gasteiger partial charge in [-0.05, 0) is 55.9 Å². The molecule has 176 valence electrons. The number of carbonyl (C=O) groups excluding carboxylic acids is 1. The van der Waals surface area contributed by atoms with Gasteiger partial charge in [0.25, 0.3) is 5.56 Å². The third-order valence-electron chi connectivity index (χ3n) is 6.17. The molecule has 3 aromatic heterocycles. The molecule has 5 rings (SSSR count). The summed E-state index contributed by atoms with van der Waals surface area (Å²) in [4.78, 5) is 33.2. The highest BCUT2D eigenvalue weighted by molar-refractivity contribution is 7.22.